The van der Waals surface area contributed by atoms with Crippen LogP contribution in [0.3, 0.4) is 0 Å². The van der Waals surface area contributed by atoms with Gasteiger partial charge in [0.05, 0.1) is 6.54 Å². The molecule has 0 atom stereocenters. The first kappa shape index (κ1) is 23.1. The number of carbonyl (C=O) groups is 1. The molecule has 184 valence electrons. The second-order valence-electron chi connectivity index (χ2n) is 8.82. The van der Waals surface area contributed by atoms with Crippen molar-refractivity contribution in [1.82, 2.24) is 20.0 Å². The van der Waals surface area contributed by atoms with Gasteiger partial charge >= 0.3 is 12.3 Å². The number of hydrogen-bond acceptors (Lipinski definition) is 6. The summed E-state index contributed by atoms with van der Waals surface area (Å²) >= 11 is 0. The van der Waals surface area contributed by atoms with Gasteiger partial charge in [-0.2, -0.15) is 18.3 Å². The number of nitrogens with one attached hydrogen (secondary N) is 1. The van der Waals surface area contributed by atoms with Crippen LogP contribution < -0.4 is 10.2 Å². The van der Waals surface area contributed by atoms with Gasteiger partial charge in [-0.05, 0) is 55.9 Å². The molecule has 3 aromatic rings. The normalized spacial score (nSPS) is 22.5. The number of carbonyl (C=O) groups excluding carboxylic acids is 1. The van der Waals surface area contributed by atoms with E-state index in [-0.39, 0.29) is 17.4 Å². The average Bonchev–Trinajstić information content (AvgIpc) is 3.41. The van der Waals surface area contributed by atoms with E-state index in [9.17, 15) is 22.4 Å². The lowest BCUT2D eigenvalue weighted by molar-refractivity contribution is -0.142. The second kappa shape index (κ2) is 8.82. The van der Waals surface area contributed by atoms with Gasteiger partial charge in [0.2, 0.25) is 0 Å². The van der Waals surface area contributed by atoms with Crippen LogP contribution in [0.4, 0.5) is 34.0 Å². The zero-order chi connectivity index (χ0) is 24.6. The zero-order valence-corrected chi connectivity index (χ0v) is 18.5. The number of alkyl halides is 3. The van der Waals surface area contributed by atoms with Crippen LogP contribution in [0.2, 0.25) is 0 Å². The van der Waals surface area contributed by atoms with Crippen LogP contribution in [0, 0.1) is 11.7 Å². The Morgan fingerprint density at radius 3 is 2.60 bits per heavy atom. The molecule has 35 heavy (non-hydrogen) atoms. The number of nitrogens with zero attached hydrogens (tertiary/aromatic N) is 5. The Bertz CT molecular complexity index is 1210. The Hall–Kier alpha value is -3.70. The van der Waals surface area contributed by atoms with Crippen molar-refractivity contribution in [2.75, 3.05) is 23.3 Å². The fraction of sp³-hybridized carbons (Fsp3) is 0.391. The maximum Gasteiger partial charge on any atom is 0.433 e. The predicted octanol–water partition coefficient (Wildman–Crippen LogP) is 4.82. The lowest BCUT2D eigenvalue weighted by Crippen LogP contribution is -2.39. The molecular weight excluding hydrogens is 468 g/mol. The standard InChI is InChI=1S/C23H22F4N6O2/c24-16-4-1-2-5-17(16)33-18(23(25,26)27)12-19(31-33)28-13-15-7-9-22(10-8-15)14-32(21(34)35-22)20-6-3-11-29-30-20/h1-6,11-12,15H,7-10,13-14H2,(H,28,31). The molecule has 1 saturated carbocycles. The van der Waals surface area contributed by atoms with Crippen molar-refractivity contribution in [2.45, 2.75) is 37.5 Å². The van der Waals surface area contributed by atoms with Gasteiger partial charge in [0.15, 0.2) is 11.5 Å². The Kier molecular flexibility index (Phi) is 5.81. The van der Waals surface area contributed by atoms with Crippen LogP contribution in [-0.2, 0) is 10.9 Å². The smallest absolute Gasteiger partial charge is 0.433 e. The monoisotopic (exact) mass is 490 g/mol. The third kappa shape index (κ3) is 4.64. The summed E-state index contributed by atoms with van der Waals surface area (Å²) in [7, 11) is 0. The molecule has 5 rings (SSSR count). The molecule has 1 saturated heterocycles. The molecule has 1 aromatic carbocycles. The number of halogens is 4. The third-order valence-corrected chi connectivity index (χ3v) is 6.47. The van der Waals surface area contributed by atoms with Crippen LogP contribution in [0.25, 0.3) is 5.69 Å². The molecule has 8 nitrogen and oxygen atoms in total. The summed E-state index contributed by atoms with van der Waals surface area (Å²) in [5, 5.41) is 14.7. The number of ether oxygens (including phenoxy) is 1. The predicted molar refractivity (Wildman–Crippen MR) is 118 cm³/mol. The van der Waals surface area contributed by atoms with Crippen LogP contribution in [0.5, 0.6) is 0 Å². The van der Waals surface area contributed by atoms with E-state index in [1.807, 2.05) is 0 Å². The minimum Gasteiger partial charge on any atom is -0.441 e. The Morgan fingerprint density at radius 1 is 1.14 bits per heavy atom. The van der Waals surface area contributed by atoms with Gasteiger partial charge in [0.25, 0.3) is 0 Å². The Labute approximate surface area is 197 Å². The fourth-order valence-electron chi connectivity index (χ4n) is 4.63. The number of rotatable bonds is 5. The molecule has 1 aliphatic heterocycles. The first-order valence-electron chi connectivity index (χ1n) is 11.2. The van der Waals surface area contributed by atoms with Gasteiger partial charge < -0.3 is 10.1 Å². The minimum atomic E-state index is -4.70. The number of amides is 1. The summed E-state index contributed by atoms with van der Waals surface area (Å²) in [5.74, 6) is -0.198. The second-order valence-corrected chi connectivity index (χ2v) is 8.82. The molecule has 0 unspecified atom stereocenters. The van der Waals surface area contributed by atoms with Crippen LogP contribution in [0.15, 0.2) is 48.7 Å². The van der Waals surface area contributed by atoms with Gasteiger partial charge in [-0.3, -0.25) is 4.90 Å². The van der Waals surface area contributed by atoms with Gasteiger partial charge in [-0.15, -0.1) is 10.2 Å². The highest BCUT2D eigenvalue weighted by Gasteiger charge is 2.48. The van der Waals surface area contributed by atoms with E-state index in [0.29, 0.717) is 36.4 Å². The molecule has 3 heterocycles. The molecule has 1 aliphatic carbocycles. The van der Waals surface area contributed by atoms with E-state index in [1.54, 1.807) is 12.1 Å². The van der Waals surface area contributed by atoms with E-state index in [0.717, 1.165) is 25.0 Å². The molecule has 2 aromatic heterocycles. The first-order chi connectivity index (χ1) is 16.7. The number of hydrogen-bond donors (Lipinski definition) is 1. The van der Waals surface area contributed by atoms with E-state index >= 15 is 0 Å². The van der Waals surface area contributed by atoms with Crippen molar-refractivity contribution in [3.8, 4) is 5.69 Å². The Balaban J connectivity index is 1.23. The van der Waals surface area contributed by atoms with Gasteiger partial charge in [0, 0.05) is 18.8 Å². The molecule has 2 fully saturated rings. The van der Waals surface area contributed by atoms with Crippen molar-refractivity contribution in [3.05, 3.63) is 60.2 Å². The maximum absolute atomic E-state index is 14.1. The highest BCUT2D eigenvalue weighted by atomic mass is 19.4. The fourth-order valence-corrected chi connectivity index (χ4v) is 4.63. The van der Waals surface area contributed by atoms with Crippen molar-refractivity contribution < 1.29 is 27.1 Å². The van der Waals surface area contributed by atoms with Crippen molar-refractivity contribution in [1.29, 1.82) is 0 Å². The van der Waals surface area contributed by atoms with E-state index in [4.69, 9.17) is 4.74 Å². The summed E-state index contributed by atoms with van der Waals surface area (Å²) in [6.07, 6.45) is -0.952. The average molecular weight is 490 g/mol. The molecule has 2 aliphatic rings. The summed E-state index contributed by atoms with van der Waals surface area (Å²) in [6.45, 7) is 0.774. The lowest BCUT2D eigenvalue weighted by atomic mass is 9.78. The van der Waals surface area contributed by atoms with Gasteiger partial charge in [-0.25, -0.2) is 13.9 Å². The van der Waals surface area contributed by atoms with Crippen LogP contribution in [0.1, 0.15) is 31.4 Å². The van der Waals surface area contributed by atoms with Gasteiger partial charge in [-0.1, -0.05) is 12.1 Å². The highest BCUT2D eigenvalue weighted by molar-refractivity contribution is 5.89. The lowest BCUT2D eigenvalue weighted by Gasteiger charge is -2.35. The number of anilines is 2. The van der Waals surface area contributed by atoms with Crippen molar-refractivity contribution in [3.63, 3.8) is 0 Å². The van der Waals surface area contributed by atoms with Gasteiger partial charge in [0.1, 0.15) is 22.9 Å². The third-order valence-electron chi connectivity index (χ3n) is 6.47. The molecule has 0 radical (unpaired) electrons. The topological polar surface area (TPSA) is 85.2 Å². The molecule has 1 amide bonds. The van der Waals surface area contributed by atoms with Crippen molar-refractivity contribution in [2.24, 2.45) is 5.92 Å². The minimum absolute atomic E-state index is 0.0157. The summed E-state index contributed by atoms with van der Waals surface area (Å²) in [4.78, 5) is 13.9. The summed E-state index contributed by atoms with van der Waals surface area (Å²) < 4.78 is 61.1. The Morgan fingerprint density at radius 2 is 1.91 bits per heavy atom. The maximum atomic E-state index is 14.1. The largest absolute Gasteiger partial charge is 0.441 e. The molecule has 1 N–H and O–H groups in total. The number of aromatic nitrogens is 4. The number of benzene rings is 1. The number of para-hydroxylation sites is 1. The van der Waals surface area contributed by atoms with E-state index in [2.05, 4.69) is 20.6 Å². The highest BCUT2D eigenvalue weighted by Crippen LogP contribution is 2.40. The molecule has 0 bridgehead atoms. The first-order valence-corrected chi connectivity index (χ1v) is 11.2. The summed E-state index contributed by atoms with van der Waals surface area (Å²) in [6, 6.07) is 9.46. The molecular formula is C23H22F4N6O2. The van der Waals surface area contributed by atoms with E-state index < -0.39 is 29.4 Å². The zero-order valence-electron chi connectivity index (χ0n) is 18.5. The van der Waals surface area contributed by atoms with Crippen LogP contribution in [-0.4, -0.2) is 44.8 Å². The van der Waals surface area contributed by atoms with E-state index in [1.165, 1.54) is 29.3 Å². The summed E-state index contributed by atoms with van der Waals surface area (Å²) in [5.41, 5.74) is -1.95. The molecule has 12 heteroatoms. The van der Waals surface area contributed by atoms with Crippen molar-refractivity contribution >= 4 is 17.7 Å². The quantitative estimate of drug-likeness (QED) is 0.517. The van der Waals surface area contributed by atoms with Crippen LogP contribution >= 0.6 is 0 Å². The SMILES string of the molecule is O=C1OC2(CCC(CNc3cc(C(F)(F)F)n(-c4ccccc4F)n3)CC2)CN1c1cccnn1. The molecule has 1 spiro atoms.